The zero-order valence-electron chi connectivity index (χ0n) is 56.7. The molecule has 2 amide bonds. The number of carbonyl (C=O) groups is 7. The quantitative estimate of drug-likeness (QED) is 0.0156. The van der Waals surface area contributed by atoms with E-state index in [0.29, 0.717) is 61.7 Å². The number of benzene rings is 4. The van der Waals surface area contributed by atoms with E-state index in [-0.39, 0.29) is 114 Å². The van der Waals surface area contributed by atoms with Gasteiger partial charge in [-0.2, -0.15) is 0 Å². The van der Waals surface area contributed by atoms with E-state index < -0.39 is 24.1 Å². The number of carboxylic acid groups (broad SMARTS) is 1. The Kier molecular flexibility index (Phi) is 40.3. The topological polar surface area (TPSA) is 234 Å². The molecule has 4 N–H and O–H groups in total. The minimum absolute atomic E-state index is 0. The first kappa shape index (κ1) is 85.7. The number of likely N-dealkylation sites (tertiary alicyclic amines) is 3. The Labute approximate surface area is 595 Å². The maximum atomic E-state index is 12.3. The Hall–Kier alpha value is -6.43. The number of ether oxygens (including phenoxy) is 5. The molecule has 0 radical (unpaired) electrons. The van der Waals surface area contributed by atoms with Gasteiger partial charge in [0.2, 0.25) is 6.29 Å². The number of carbonyl (C=O) groups excluding carboxylic acids is 6. The second kappa shape index (κ2) is 45.2. The second-order valence-corrected chi connectivity index (χ2v) is 25.3. The van der Waals surface area contributed by atoms with Gasteiger partial charge < -0.3 is 52.2 Å². The first-order chi connectivity index (χ1) is 44.7. The minimum Gasteiger partial charge on any atom is -0.480 e. The summed E-state index contributed by atoms with van der Waals surface area (Å²) in [6.07, 6.45) is 14.7. The number of nitrogens with one attached hydrogen (secondary N) is 1. The summed E-state index contributed by atoms with van der Waals surface area (Å²) in [7, 11) is 0. The van der Waals surface area contributed by atoms with Gasteiger partial charge in [0.1, 0.15) is 31.3 Å². The Bertz CT molecular complexity index is 2970. The van der Waals surface area contributed by atoms with Crippen molar-refractivity contribution < 1.29 is 82.8 Å². The molecule has 0 spiro atoms. The SMILES string of the molecule is C.C=C(C)C.CCOC(=O)C=O.CCOC(=O)[C@@H]1[C@H]2C=C[C@H](C2)N1[C@@H](C)c1ccccc1.CCOC(=O)[C@H]1N[C@@H]2CC[C@H]1C2.C[C@@H](N)c1ccccc1.C[C@@H]1[C@H]2CC[C@H](C2)N1C(=O)OCc1ccccc1.ClCCl.O=C(O)[C@@H]1[C@H]2CC[C@H](C2)N1C(=O)OCc1ccccc1.[CH3-].[Pd]. The van der Waals surface area contributed by atoms with Crippen LogP contribution in [-0.4, -0.2) is 136 Å². The average Bonchev–Trinajstić information content (AvgIpc) is 1.63. The van der Waals surface area contributed by atoms with E-state index in [4.69, 9.17) is 47.9 Å². The predicted molar refractivity (Wildman–Crippen MR) is 375 cm³/mol. The molecule has 4 heterocycles. The molecule has 4 aliphatic heterocycles. The molecule has 3 saturated carbocycles. The van der Waals surface area contributed by atoms with Crippen molar-refractivity contribution in [3.63, 3.8) is 0 Å². The molecule has 4 aromatic rings. The number of allylic oxidation sites excluding steroid dienone is 1. The van der Waals surface area contributed by atoms with Gasteiger partial charge in [0.25, 0.3) is 0 Å². The van der Waals surface area contributed by atoms with Crippen molar-refractivity contribution in [2.45, 2.75) is 201 Å². The molecule has 14 atom stereocenters. The smallest absolute Gasteiger partial charge is 0.411 e. The number of alkyl halides is 2. The van der Waals surface area contributed by atoms with Gasteiger partial charge in [0.15, 0.2) is 0 Å². The van der Waals surface area contributed by atoms with Gasteiger partial charge in [-0.15, -0.1) is 29.8 Å². The third-order valence-electron chi connectivity index (χ3n) is 17.7. The first-order valence-corrected chi connectivity index (χ1v) is 33.8. The summed E-state index contributed by atoms with van der Waals surface area (Å²) in [6.45, 7) is 20.9. The Morgan fingerprint density at radius 2 is 1.07 bits per heavy atom. The first-order valence-electron chi connectivity index (χ1n) is 32.7. The van der Waals surface area contributed by atoms with E-state index in [9.17, 15) is 38.7 Å². The molecule has 534 valence electrons. The number of halogens is 2. The van der Waals surface area contributed by atoms with Crippen LogP contribution in [0.15, 0.2) is 146 Å². The van der Waals surface area contributed by atoms with Crippen molar-refractivity contribution in [1.29, 1.82) is 0 Å². The van der Waals surface area contributed by atoms with Crippen LogP contribution in [0, 0.1) is 31.1 Å². The van der Waals surface area contributed by atoms with E-state index in [0.717, 1.165) is 43.2 Å². The van der Waals surface area contributed by atoms with Crippen LogP contribution in [0.2, 0.25) is 0 Å². The third-order valence-corrected chi connectivity index (χ3v) is 17.7. The fourth-order valence-electron chi connectivity index (χ4n) is 13.5. The molecule has 4 aliphatic carbocycles. The Balaban J connectivity index is 0.000000393. The number of esters is 3. The fourth-order valence-corrected chi connectivity index (χ4v) is 13.5. The summed E-state index contributed by atoms with van der Waals surface area (Å²) in [5.74, 6) is -0.214. The van der Waals surface area contributed by atoms with Crippen LogP contribution in [0.4, 0.5) is 9.59 Å². The summed E-state index contributed by atoms with van der Waals surface area (Å²) in [5.41, 5.74) is 11.2. The standard InChI is InChI=1S/C17H21NO2.C15H17NO4.C15H19NO2.C9H15NO2.C8H11N.C4H6O3.C4H8.CH2Cl2.CH4.CH3.Pd/c1-3-20-17(19)16-14-9-10-15(11-14)18(16)12(2)13-7-5-4-6-8-13;17-14(18)13-11-6-7-12(8-11)16(13)15(19)20-9-10-4-2-1-3-5-10;1-11-13-7-8-14(9-13)16(11)15(17)18-10-12-5-3-2-4-6-12;1-2-12-9(11)8-6-3-4-7(5-6)10-8;1-7(9)8-5-3-2-4-6-8;1-2-7-4(6)3-5;1-4(2)3;2-1-3;;;/h4-10,12,14-16H,3,11H2,1-2H3;1-5,11-13H,6-9H2,(H,17,18);2-6,11,13-14H,7-10H2,1H3;6-8,10H,2-5H2,1H3;2-7H,9H2,1H3;3H,2H2,1H3;1H2,2-3H3;1H2;1H4;1H3;/q;;;;;;;;;-1;/t12-,14-,15+,16-;11-,12+,13-;11-,13+,14-;6-,7+,8-;7-;;;;;;/m00101....../s1. The number of fused-ring (bicyclic) bond motifs is 8. The van der Waals surface area contributed by atoms with Crippen LogP contribution in [0.25, 0.3) is 0 Å². The van der Waals surface area contributed by atoms with E-state index in [1.165, 1.54) is 53.7 Å². The molecule has 8 aliphatic rings. The Morgan fingerprint density at radius 3 is 1.49 bits per heavy atom. The largest absolute Gasteiger partial charge is 0.480 e. The maximum absolute atomic E-state index is 12.3. The number of amides is 2. The summed E-state index contributed by atoms with van der Waals surface area (Å²) in [5, 5.41) is 12.8. The van der Waals surface area contributed by atoms with Crippen molar-refractivity contribution in [3.8, 4) is 0 Å². The molecule has 8 bridgehead atoms. The number of piperidine rings is 3. The van der Waals surface area contributed by atoms with Crippen LogP contribution >= 0.6 is 23.2 Å². The zero-order chi connectivity index (χ0) is 68.0. The van der Waals surface area contributed by atoms with Crippen molar-refractivity contribution >= 4 is 65.6 Å². The van der Waals surface area contributed by atoms with Gasteiger partial charge in [0, 0.05) is 68.6 Å². The van der Waals surface area contributed by atoms with Crippen molar-refractivity contribution in [2.24, 2.45) is 29.4 Å². The summed E-state index contributed by atoms with van der Waals surface area (Å²) < 4.78 is 25.1. The number of hydrogen-bond acceptors (Lipinski definition) is 15. The molecule has 4 saturated heterocycles. The molecule has 0 unspecified atom stereocenters. The predicted octanol–water partition coefficient (Wildman–Crippen LogP) is 14.6. The molecular formula is C75H106Cl2N5O13Pd-. The monoisotopic (exact) mass is 1460 g/mol. The van der Waals surface area contributed by atoms with Gasteiger partial charge in [0.05, 0.1) is 25.2 Å². The van der Waals surface area contributed by atoms with Crippen LogP contribution < -0.4 is 11.1 Å². The normalized spacial score (nSPS) is 24.5. The van der Waals surface area contributed by atoms with Crippen LogP contribution in [0.5, 0.6) is 0 Å². The number of aliphatic carboxylic acids is 1. The number of nitrogens with two attached hydrogens (primary N) is 1. The minimum atomic E-state index is -0.922. The van der Waals surface area contributed by atoms with Crippen molar-refractivity contribution in [1.82, 2.24) is 20.0 Å². The summed E-state index contributed by atoms with van der Waals surface area (Å²) in [4.78, 5) is 84.2. The summed E-state index contributed by atoms with van der Waals surface area (Å²) >= 11 is 9.53. The number of aldehydes is 1. The van der Waals surface area contributed by atoms with Crippen molar-refractivity contribution in [3.05, 3.63) is 175 Å². The molecule has 4 aromatic carbocycles. The molecule has 21 heteroatoms. The van der Waals surface area contributed by atoms with Crippen LogP contribution in [0.3, 0.4) is 0 Å². The fraction of sp³-hybridized carbons (Fsp3) is 0.520. The molecular weight excluding hydrogens is 1360 g/mol. The summed E-state index contributed by atoms with van der Waals surface area (Å²) in [6, 6.07) is 41.0. The van der Waals surface area contributed by atoms with E-state index >= 15 is 0 Å². The van der Waals surface area contributed by atoms with Crippen LogP contribution in [0.1, 0.15) is 161 Å². The molecule has 12 rings (SSSR count). The maximum Gasteiger partial charge on any atom is 0.411 e. The van der Waals surface area contributed by atoms with Crippen molar-refractivity contribution in [2.75, 3.05) is 25.2 Å². The number of carboxylic acids is 1. The van der Waals surface area contributed by atoms with Gasteiger partial charge in [-0.05, 0) is 160 Å². The second-order valence-electron chi connectivity index (χ2n) is 24.5. The molecule has 7 fully saturated rings. The van der Waals surface area contributed by atoms with Gasteiger partial charge in [-0.3, -0.25) is 24.2 Å². The molecule has 18 nitrogen and oxygen atoms in total. The third kappa shape index (κ3) is 26.1. The van der Waals surface area contributed by atoms with E-state index in [1.54, 1.807) is 6.92 Å². The zero-order valence-corrected chi connectivity index (χ0v) is 59.8. The number of hydrogen-bond donors (Lipinski definition) is 3. The van der Waals surface area contributed by atoms with E-state index in [2.05, 4.69) is 71.8 Å². The number of rotatable bonds is 14. The van der Waals surface area contributed by atoms with Gasteiger partial charge in [-0.1, -0.05) is 146 Å². The van der Waals surface area contributed by atoms with Gasteiger partial charge in [-0.25, -0.2) is 19.2 Å². The van der Waals surface area contributed by atoms with E-state index in [1.807, 2.05) is 137 Å². The molecule has 0 aromatic heterocycles. The average molecular weight is 1460 g/mol. The Morgan fingerprint density at radius 1 is 0.625 bits per heavy atom. The van der Waals surface area contributed by atoms with Crippen LogP contribution in [-0.2, 0) is 81.3 Å². The number of nitrogens with zero attached hydrogens (tertiary/aromatic N) is 3. The van der Waals surface area contributed by atoms with Gasteiger partial charge >= 0.3 is 36.1 Å². The molecule has 96 heavy (non-hydrogen) atoms.